The number of anilines is 1. The van der Waals surface area contributed by atoms with Crippen LogP contribution >= 0.6 is 11.8 Å². The average molecular weight is 601 g/mol. The van der Waals surface area contributed by atoms with Gasteiger partial charge in [0, 0.05) is 42.6 Å². The Labute approximate surface area is 259 Å². The number of hydrogen-bond acceptors (Lipinski definition) is 7. The predicted molar refractivity (Wildman–Crippen MR) is 178 cm³/mol. The predicted octanol–water partition coefficient (Wildman–Crippen LogP) is 7.13. The van der Waals surface area contributed by atoms with Crippen molar-refractivity contribution in [2.24, 2.45) is 5.41 Å². The molecule has 0 fully saturated rings. The minimum absolute atomic E-state index is 0.0850. The first kappa shape index (κ1) is 34.7. The van der Waals surface area contributed by atoms with E-state index in [2.05, 4.69) is 87.5 Å². The quantitative estimate of drug-likeness (QED) is 0.157. The standard InChI is InChI=1S/C35H56N2O4S/c1-6-9-16-35(17-10-7-2)27-42-32-26-31(41-24-23-40-22-21-39-20-19-36-18-8-3)30(37(4)5)25-29(32)33(34(35)38)28-14-12-11-13-15-28/h11-15,25-26,33-34,36,38H,6-10,16-24,27H2,1-5H3/t33-,34-/m0/s1. The van der Waals surface area contributed by atoms with Crippen LogP contribution in [0.3, 0.4) is 0 Å². The first-order valence-corrected chi connectivity index (χ1v) is 17.2. The Morgan fingerprint density at radius 3 is 2.19 bits per heavy atom. The van der Waals surface area contributed by atoms with Gasteiger partial charge in [-0.25, -0.2) is 0 Å². The number of hydrogen-bond donors (Lipinski definition) is 2. The van der Waals surface area contributed by atoms with E-state index in [9.17, 15) is 5.11 Å². The lowest BCUT2D eigenvalue weighted by Gasteiger charge is -2.40. The van der Waals surface area contributed by atoms with E-state index < -0.39 is 6.10 Å². The summed E-state index contributed by atoms with van der Waals surface area (Å²) in [6.07, 6.45) is 7.34. The summed E-state index contributed by atoms with van der Waals surface area (Å²) < 4.78 is 17.8. The summed E-state index contributed by atoms with van der Waals surface area (Å²) in [6, 6.07) is 15.1. The van der Waals surface area contributed by atoms with Gasteiger partial charge in [0.2, 0.25) is 0 Å². The van der Waals surface area contributed by atoms with Gasteiger partial charge >= 0.3 is 0 Å². The highest BCUT2D eigenvalue weighted by atomic mass is 32.2. The molecule has 0 aliphatic carbocycles. The number of thioether (sulfide) groups is 1. The number of unbranched alkanes of at least 4 members (excludes halogenated alkanes) is 2. The molecule has 1 aliphatic heterocycles. The monoisotopic (exact) mass is 600 g/mol. The molecule has 0 aromatic heterocycles. The molecule has 3 rings (SSSR count). The van der Waals surface area contributed by atoms with E-state index in [1.807, 2.05) is 11.8 Å². The third-order valence-corrected chi connectivity index (χ3v) is 9.67. The van der Waals surface area contributed by atoms with E-state index in [4.69, 9.17) is 14.2 Å². The Morgan fingerprint density at radius 1 is 0.881 bits per heavy atom. The molecule has 2 N–H and O–H groups in total. The molecule has 42 heavy (non-hydrogen) atoms. The Kier molecular flexibility index (Phi) is 15.5. The summed E-state index contributed by atoms with van der Waals surface area (Å²) in [6.45, 7) is 11.4. The molecule has 6 nitrogen and oxygen atoms in total. The molecule has 0 saturated carbocycles. The molecule has 2 aromatic rings. The van der Waals surface area contributed by atoms with Crippen LogP contribution in [0.4, 0.5) is 5.69 Å². The summed E-state index contributed by atoms with van der Waals surface area (Å²) in [5.74, 6) is 1.70. The Morgan fingerprint density at radius 2 is 1.55 bits per heavy atom. The van der Waals surface area contributed by atoms with Gasteiger partial charge in [-0.15, -0.1) is 11.8 Å². The second-order valence-corrected chi connectivity index (χ2v) is 12.8. The van der Waals surface area contributed by atoms with Crippen LogP contribution in [-0.4, -0.2) is 77.2 Å². The van der Waals surface area contributed by atoms with Crippen molar-refractivity contribution in [2.45, 2.75) is 82.6 Å². The second kappa shape index (κ2) is 18.8. The maximum atomic E-state index is 12.3. The van der Waals surface area contributed by atoms with E-state index in [0.29, 0.717) is 33.0 Å². The minimum Gasteiger partial charge on any atom is -0.489 e. The van der Waals surface area contributed by atoms with Crippen LogP contribution in [0.2, 0.25) is 0 Å². The highest BCUT2D eigenvalue weighted by Crippen LogP contribution is 2.53. The number of rotatable bonds is 20. The maximum Gasteiger partial charge on any atom is 0.143 e. The van der Waals surface area contributed by atoms with Gasteiger partial charge in [-0.1, -0.05) is 76.8 Å². The van der Waals surface area contributed by atoms with E-state index in [1.165, 1.54) is 16.0 Å². The molecule has 236 valence electrons. The van der Waals surface area contributed by atoms with Crippen molar-refractivity contribution >= 4 is 17.4 Å². The smallest absolute Gasteiger partial charge is 0.143 e. The zero-order valence-electron chi connectivity index (χ0n) is 26.8. The molecule has 1 aliphatic rings. The summed E-state index contributed by atoms with van der Waals surface area (Å²) >= 11 is 1.90. The van der Waals surface area contributed by atoms with Gasteiger partial charge in [0.15, 0.2) is 0 Å². The van der Waals surface area contributed by atoms with E-state index in [0.717, 1.165) is 75.2 Å². The van der Waals surface area contributed by atoms with Crippen molar-refractivity contribution in [3.63, 3.8) is 0 Å². The molecule has 0 spiro atoms. The fourth-order valence-corrected chi connectivity index (χ4v) is 7.30. The number of aliphatic hydroxyl groups is 1. The van der Waals surface area contributed by atoms with Crippen LogP contribution in [-0.2, 0) is 9.47 Å². The Hall–Kier alpha value is -1.77. The number of fused-ring (bicyclic) bond motifs is 1. The van der Waals surface area contributed by atoms with Crippen LogP contribution < -0.4 is 15.0 Å². The van der Waals surface area contributed by atoms with Crippen LogP contribution in [0.15, 0.2) is 47.4 Å². The van der Waals surface area contributed by atoms with E-state index in [-0.39, 0.29) is 11.3 Å². The average Bonchev–Trinajstić information content (AvgIpc) is 3.11. The van der Waals surface area contributed by atoms with E-state index >= 15 is 0 Å². The van der Waals surface area contributed by atoms with Gasteiger partial charge in [-0.2, -0.15) is 0 Å². The van der Waals surface area contributed by atoms with Gasteiger partial charge in [-0.05, 0) is 49.1 Å². The number of aliphatic hydroxyl groups excluding tert-OH is 1. The molecule has 0 unspecified atom stereocenters. The molecule has 2 atom stereocenters. The van der Waals surface area contributed by atoms with Crippen molar-refractivity contribution in [1.29, 1.82) is 0 Å². The lowest BCUT2D eigenvalue weighted by molar-refractivity contribution is 0.0135. The van der Waals surface area contributed by atoms with Gasteiger partial charge in [0.25, 0.3) is 0 Å². The number of ether oxygens (including phenoxy) is 3. The van der Waals surface area contributed by atoms with Crippen molar-refractivity contribution in [2.75, 3.05) is 70.9 Å². The highest BCUT2D eigenvalue weighted by Gasteiger charge is 2.45. The zero-order valence-corrected chi connectivity index (χ0v) is 27.6. The molecule has 0 radical (unpaired) electrons. The molecule has 0 amide bonds. The lowest BCUT2D eigenvalue weighted by atomic mass is 9.68. The van der Waals surface area contributed by atoms with Crippen molar-refractivity contribution in [3.05, 3.63) is 53.6 Å². The minimum atomic E-state index is -0.452. The molecular weight excluding hydrogens is 544 g/mol. The van der Waals surface area contributed by atoms with Gasteiger partial charge in [-0.3, -0.25) is 0 Å². The van der Waals surface area contributed by atoms with Gasteiger partial charge in [0.05, 0.1) is 38.2 Å². The van der Waals surface area contributed by atoms with Crippen LogP contribution in [0.25, 0.3) is 0 Å². The third kappa shape index (κ3) is 9.88. The summed E-state index contributed by atoms with van der Waals surface area (Å²) in [4.78, 5) is 3.33. The maximum absolute atomic E-state index is 12.3. The number of nitrogens with zero attached hydrogens (tertiary/aromatic N) is 1. The molecule has 0 bridgehead atoms. The normalized spacial score (nSPS) is 18.0. The largest absolute Gasteiger partial charge is 0.489 e. The molecule has 7 heteroatoms. The summed E-state index contributed by atoms with van der Waals surface area (Å²) in [7, 11) is 4.12. The third-order valence-electron chi connectivity index (χ3n) is 8.29. The fourth-order valence-electron chi connectivity index (χ4n) is 5.85. The van der Waals surface area contributed by atoms with Crippen molar-refractivity contribution in [1.82, 2.24) is 5.32 Å². The van der Waals surface area contributed by atoms with Crippen LogP contribution in [0.1, 0.15) is 82.8 Å². The zero-order chi connectivity index (χ0) is 30.2. The summed E-state index contributed by atoms with van der Waals surface area (Å²) in [5.41, 5.74) is 3.28. The van der Waals surface area contributed by atoms with E-state index in [1.54, 1.807) is 0 Å². The van der Waals surface area contributed by atoms with Crippen LogP contribution in [0.5, 0.6) is 5.75 Å². The van der Waals surface area contributed by atoms with Gasteiger partial charge < -0.3 is 29.5 Å². The highest BCUT2D eigenvalue weighted by molar-refractivity contribution is 7.99. The van der Waals surface area contributed by atoms with Crippen LogP contribution in [0, 0.1) is 5.41 Å². The molecule has 0 saturated heterocycles. The first-order chi connectivity index (χ1) is 20.5. The second-order valence-electron chi connectivity index (χ2n) is 11.8. The topological polar surface area (TPSA) is 63.2 Å². The van der Waals surface area contributed by atoms with Crippen molar-refractivity contribution < 1.29 is 19.3 Å². The number of nitrogens with one attached hydrogen (secondary N) is 1. The fraction of sp³-hybridized carbons (Fsp3) is 0.657. The van der Waals surface area contributed by atoms with Gasteiger partial charge in [0.1, 0.15) is 12.4 Å². The summed E-state index contributed by atoms with van der Waals surface area (Å²) in [5, 5.41) is 15.7. The number of benzene rings is 2. The lowest BCUT2D eigenvalue weighted by Crippen LogP contribution is -2.41. The van der Waals surface area contributed by atoms with Crippen molar-refractivity contribution in [3.8, 4) is 5.75 Å². The molecule has 2 aromatic carbocycles. The Balaban J connectivity index is 1.79. The SMILES string of the molecule is CCCCC1(CCCC)CSc2cc(OCCOCCOCCNCCC)c(N(C)C)cc2[C@H](c2ccccc2)[C@@H]1O. The first-order valence-electron chi connectivity index (χ1n) is 16.2. The molecular formula is C35H56N2O4S. The molecule has 1 heterocycles. The Bertz CT molecular complexity index is 1010.